The summed E-state index contributed by atoms with van der Waals surface area (Å²) in [4.78, 5) is 25.3. The van der Waals surface area contributed by atoms with Crippen molar-refractivity contribution in [2.24, 2.45) is 5.41 Å². The van der Waals surface area contributed by atoms with Crippen molar-refractivity contribution in [1.82, 2.24) is 25.3 Å². The topological polar surface area (TPSA) is 128 Å². The van der Waals surface area contributed by atoms with Gasteiger partial charge < -0.3 is 15.8 Å². The molecule has 0 aliphatic rings. The maximum atomic E-state index is 13.6. The molecular weight excluding hydrogens is 463 g/mol. The third-order valence-electron chi connectivity index (χ3n) is 6.37. The molecule has 2 aromatic heterocycles. The summed E-state index contributed by atoms with van der Waals surface area (Å²) in [5.74, 6) is -0.496. The highest BCUT2D eigenvalue weighted by Crippen LogP contribution is 2.36. The molecule has 2 aromatic carbocycles. The van der Waals surface area contributed by atoms with Gasteiger partial charge in [-0.25, -0.2) is 9.49 Å². The number of nitrogens with two attached hydrogens (primary N) is 1. The molecule has 0 radical (unpaired) electrons. The molecule has 36 heavy (non-hydrogen) atoms. The van der Waals surface area contributed by atoms with Gasteiger partial charge in [0.1, 0.15) is 22.8 Å². The minimum absolute atomic E-state index is 0.0917. The first-order valence-electron chi connectivity index (χ1n) is 11.5. The molecule has 9 nitrogen and oxygen atoms in total. The van der Waals surface area contributed by atoms with Crippen molar-refractivity contribution in [3.8, 4) is 17.0 Å². The van der Waals surface area contributed by atoms with E-state index in [0.29, 0.717) is 16.6 Å². The third kappa shape index (κ3) is 4.66. The average molecular weight is 493 g/mol. The predicted octanol–water partition coefficient (Wildman–Crippen LogP) is 4.05. The van der Waals surface area contributed by atoms with Crippen molar-refractivity contribution in [2.45, 2.75) is 40.3 Å². The van der Waals surface area contributed by atoms with Gasteiger partial charge >= 0.3 is 0 Å². The highest BCUT2D eigenvalue weighted by Gasteiger charge is 2.28. The summed E-state index contributed by atoms with van der Waals surface area (Å²) in [5.41, 5.74) is 8.26. The van der Waals surface area contributed by atoms with Crippen molar-refractivity contribution in [1.29, 1.82) is 0 Å². The van der Waals surface area contributed by atoms with Gasteiger partial charge in [-0.05, 0) is 36.1 Å². The molecule has 10 heteroatoms. The Labute approximate surface area is 207 Å². The molecule has 1 unspecified atom stereocenters. The lowest BCUT2D eigenvalue weighted by atomic mass is 9.88. The van der Waals surface area contributed by atoms with Gasteiger partial charge in [-0.1, -0.05) is 45.0 Å². The SMILES string of the molecule is COc1ccc(F)cc1C(=O)NCc1ccc(-c2nn(C(C)C(C)(C)C)c3c(=O)[nH]nc(N)c23)cc1. The number of aromatic nitrogens is 4. The highest BCUT2D eigenvalue weighted by molar-refractivity contribution is 5.99. The minimum Gasteiger partial charge on any atom is -0.496 e. The number of carbonyl (C=O) groups is 1. The Morgan fingerprint density at radius 2 is 1.92 bits per heavy atom. The fraction of sp³-hybridized carbons (Fsp3) is 0.308. The monoisotopic (exact) mass is 492 g/mol. The molecule has 0 fully saturated rings. The van der Waals surface area contributed by atoms with E-state index in [1.807, 2.05) is 31.2 Å². The van der Waals surface area contributed by atoms with Crippen LogP contribution in [-0.4, -0.2) is 33.0 Å². The number of nitrogens with one attached hydrogen (secondary N) is 2. The van der Waals surface area contributed by atoms with Gasteiger partial charge in [-0.15, -0.1) is 0 Å². The van der Waals surface area contributed by atoms with Crippen LogP contribution in [0.4, 0.5) is 10.2 Å². The summed E-state index contributed by atoms with van der Waals surface area (Å²) in [6.07, 6.45) is 0. The average Bonchev–Trinajstić information content (AvgIpc) is 3.26. The van der Waals surface area contributed by atoms with E-state index in [9.17, 15) is 14.0 Å². The van der Waals surface area contributed by atoms with Crippen LogP contribution in [0.3, 0.4) is 0 Å². The summed E-state index contributed by atoms with van der Waals surface area (Å²) < 4.78 is 20.5. The van der Waals surface area contributed by atoms with Gasteiger partial charge in [0, 0.05) is 12.1 Å². The molecular formula is C26H29FN6O3. The fourth-order valence-corrected chi connectivity index (χ4v) is 3.88. The van der Waals surface area contributed by atoms with Gasteiger partial charge in [-0.2, -0.15) is 10.2 Å². The van der Waals surface area contributed by atoms with Crippen LogP contribution in [0.2, 0.25) is 0 Å². The molecule has 2 heterocycles. The lowest BCUT2D eigenvalue weighted by Crippen LogP contribution is -2.25. The van der Waals surface area contributed by atoms with Gasteiger partial charge in [0.25, 0.3) is 11.5 Å². The Kier molecular flexibility index (Phi) is 6.53. The number of hydrogen-bond donors (Lipinski definition) is 3. The van der Waals surface area contributed by atoms with Crippen LogP contribution in [0.25, 0.3) is 22.2 Å². The van der Waals surface area contributed by atoms with Gasteiger partial charge in [0.05, 0.1) is 24.1 Å². The smallest absolute Gasteiger partial charge is 0.290 e. The summed E-state index contributed by atoms with van der Waals surface area (Å²) in [6.45, 7) is 8.45. The molecule has 0 bridgehead atoms. The zero-order chi connectivity index (χ0) is 26.2. The molecule has 0 saturated heterocycles. The molecule has 0 spiro atoms. The number of anilines is 1. The van der Waals surface area contributed by atoms with E-state index in [1.54, 1.807) is 4.68 Å². The van der Waals surface area contributed by atoms with Crippen LogP contribution in [-0.2, 0) is 6.54 Å². The van der Waals surface area contributed by atoms with Crippen molar-refractivity contribution >= 4 is 22.6 Å². The lowest BCUT2D eigenvalue weighted by molar-refractivity contribution is 0.0947. The van der Waals surface area contributed by atoms with Gasteiger partial charge in [0.2, 0.25) is 0 Å². The normalized spacial score (nSPS) is 12.5. The number of nitrogens with zero attached hydrogens (tertiary/aromatic N) is 3. The van der Waals surface area contributed by atoms with Crippen LogP contribution in [0.5, 0.6) is 5.75 Å². The van der Waals surface area contributed by atoms with Crippen molar-refractivity contribution < 1.29 is 13.9 Å². The maximum absolute atomic E-state index is 13.6. The first kappa shape index (κ1) is 24.9. The maximum Gasteiger partial charge on any atom is 0.290 e. The molecule has 4 N–H and O–H groups in total. The third-order valence-corrected chi connectivity index (χ3v) is 6.37. The number of aromatic amines is 1. The first-order valence-corrected chi connectivity index (χ1v) is 11.5. The summed E-state index contributed by atoms with van der Waals surface area (Å²) >= 11 is 0. The number of fused-ring (bicyclic) bond motifs is 1. The number of carbonyl (C=O) groups excluding carboxylic acids is 1. The summed E-state index contributed by atoms with van der Waals surface area (Å²) in [5, 5.41) is 14.4. The second-order valence-corrected chi connectivity index (χ2v) is 9.72. The number of methoxy groups -OCH3 is 1. The Bertz CT molecular complexity index is 1480. The number of rotatable bonds is 6. The number of hydrogen-bond acceptors (Lipinski definition) is 6. The molecule has 4 rings (SSSR count). The van der Waals surface area contributed by atoms with Crippen LogP contribution >= 0.6 is 0 Å². The predicted molar refractivity (Wildman–Crippen MR) is 136 cm³/mol. The minimum atomic E-state index is -0.523. The highest BCUT2D eigenvalue weighted by atomic mass is 19.1. The number of H-pyrrole nitrogens is 1. The number of amides is 1. The molecule has 4 aromatic rings. The van der Waals surface area contributed by atoms with Crippen LogP contribution in [0, 0.1) is 11.2 Å². The Morgan fingerprint density at radius 3 is 2.56 bits per heavy atom. The van der Waals surface area contributed by atoms with Gasteiger partial charge in [0.15, 0.2) is 5.82 Å². The Hall–Kier alpha value is -4.21. The molecule has 0 aliphatic carbocycles. The van der Waals surface area contributed by atoms with Crippen molar-refractivity contribution in [2.75, 3.05) is 12.8 Å². The summed E-state index contributed by atoms with van der Waals surface area (Å²) in [6, 6.07) is 11.1. The van der Waals surface area contributed by atoms with Crippen LogP contribution in [0.15, 0.2) is 47.3 Å². The number of benzene rings is 2. The Balaban J connectivity index is 1.63. The fourth-order valence-electron chi connectivity index (χ4n) is 3.88. The van der Waals surface area contributed by atoms with E-state index in [-0.39, 0.29) is 40.7 Å². The standard InChI is InChI=1S/C26H29FN6O3/c1-14(26(2,3)4)33-22-20(23(28)30-31-25(22)35)21(32-33)16-8-6-15(7-9-16)13-29-24(34)18-12-17(27)10-11-19(18)36-5/h6-12,14H,13H2,1-5H3,(H2,28,30)(H,29,34)(H,31,35). The second-order valence-electron chi connectivity index (χ2n) is 9.72. The van der Waals surface area contributed by atoms with E-state index >= 15 is 0 Å². The van der Waals surface area contributed by atoms with Crippen molar-refractivity contribution in [3.05, 3.63) is 69.8 Å². The molecule has 188 valence electrons. The number of halogens is 1. The zero-order valence-electron chi connectivity index (χ0n) is 20.8. The van der Waals surface area contributed by atoms with Gasteiger partial charge in [-0.3, -0.25) is 14.3 Å². The first-order chi connectivity index (χ1) is 17.0. The van der Waals surface area contributed by atoms with E-state index in [0.717, 1.165) is 17.2 Å². The lowest BCUT2D eigenvalue weighted by Gasteiger charge is -2.27. The largest absolute Gasteiger partial charge is 0.496 e. The molecule has 0 aliphatic heterocycles. The second kappa shape index (κ2) is 9.44. The van der Waals surface area contributed by atoms with E-state index in [4.69, 9.17) is 15.6 Å². The van der Waals surface area contributed by atoms with E-state index in [1.165, 1.54) is 19.2 Å². The molecule has 1 amide bonds. The quantitative estimate of drug-likeness (QED) is 0.373. The Morgan fingerprint density at radius 1 is 1.22 bits per heavy atom. The van der Waals surface area contributed by atoms with Crippen LogP contribution in [0.1, 0.15) is 49.7 Å². The number of nitrogen functional groups attached to an aromatic ring is 1. The molecule has 1 atom stereocenters. The molecule has 0 saturated carbocycles. The van der Waals surface area contributed by atoms with Crippen molar-refractivity contribution in [3.63, 3.8) is 0 Å². The summed E-state index contributed by atoms with van der Waals surface area (Å²) in [7, 11) is 1.42. The van der Waals surface area contributed by atoms with Crippen LogP contribution < -0.4 is 21.3 Å². The number of ether oxygens (including phenoxy) is 1. The van der Waals surface area contributed by atoms with E-state index < -0.39 is 11.7 Å². The zero-order valence-corrected chi connectivity index (χ0v) is 20.8. The van der Waals surface area contributed by atoms with E-state index in [2.05, 4.69) is 36.3 Å².